The molecule has 6 heteroatoms. The molecule has 0 bridgehead atoms. The minimum atomic E-state index is -0.192. The van der Waals surface area contributed by atoms with Gasteiger partial charge in [0.1, 0.15) is 0 Å². The lowest BCUT2D eigenvalue weighted by atomic mass is 9.86. The largest absolute Gasteiger partial charge is 0.399 e. The Morgan fingerprint density at radius 2 is 2.13 bits per heavy atom. The lowest BCUT2D eigenvalue weighted by molar-refractivity contribution is -0.139. The molecule has 2 atom stereocenters. The lowest BCUT2D eigenvalue weighted by Gasteiger charge is -2.31. The summed E-state index contributed by atoms with van der Waals surface area (Å²) in [5.74, 6) is -0.123. The normalized spacial score (nSPS) is 23.7. The molecule has 5 nitrogen and oxygen atoms in total. The number of rotatable bonds is 2. The number of nitrogens with zero attached hydrogens (tertiary/aromatic N) is 1. The molecule has 0 radical (unpaired) electrons. The summed E-state index contributed by atoms with van der Waals surface area (Å²) in [5.41, 5.74) is 9.02. The highest BCUT2D eigenvalue weighted by Gasteiger charge is 2.31. The lowest BCUT2D eigenvalue weighted by Crippen LogP contribution is -2.43. The van der Waals surface area contributed by atoms with Crippen LogP contribution in [-0.2, 0) is 16.0 Å². The maximum absolute atomic E-state index is 12.5. The number of piperidine rings is 1. The maximum Gasteiger partial charge on any atom is 0.224 e. The van der Waals surface area contributed by atoms with Crippen LogP contribution in [-0.4, -0.2) is 30.3 Å². The van der Waals surface area contributed by atoms with Crippen LogP contribution in [0.2, 0.25) is 0 Å². The van der Waals surface area contributed by atoms with Crippen molar-refractivity contribution in [3.8, 4) is 0 Å². The van der Waals surface area contributed by atoms with E-state index in [9.17, 15) is 9.59 Å². The van der Waals surface area contributed by atoms with E-state index in [1.807, 2.05) is 18.2 Å². The number of nitrogen functional groups attached to an aromatic ring is 1. The average molecular weight is 338 g/mol. The van der Waals surface area contributed by atoms with Crippen LogP contribution in [0, 0.1) is 5.92 Å². The number of halogens is 1. The molecule has 3 rings (SSSR count). The number of nitrogens with one attached hydrogen (secondary N) is 1. The number of fused-ring (bicyclic) bond motifs is 1. The molecule has 2 aliphatic rings. The number of nitrogens with two attached hydrogens (primary N) is 1. The average Bonchev–Trinajstić information content (AvgIpc) is 2.50. The zero-order chi connectivity index (χ0) is 15.7. The number of likely N-dealkylation sites (tertiary alicyclic amines) is 1. The first-order chi connectivity index (χ1) is 10.5. The number of hydrogen-bond acceptors (Lipinski definition) is 3. The van der Waals surface area contributed by atoms with E-state index in [1.54, 1.807) is 11.9 Å². The van der Waals surface area contributed by atoms with Crippen LogP contribution >= 0.6 is 12.4 Å². The van der Waals surface area contributed by atoms with Gasteiger partial charge in [-0.1, -0.05) is 6.07 Å². The molecule has 1 aromatic rings. The first-order valence-corrected chi connectivity index (χ1v) is 7.97. The highest BCUT2D eigenvalue weighted by Crippen LogP contribution is 2.31. The molecule has 1 saturated heterocycles. The monoisotopic (exact) mass is 337 g/mol. The summed E-state index contributed by atoms with van der Waals surface area (Å²) in [6.07, 6.45) is 4.08. The van der Waals surface area contributed by atoms with E-state index in [0.717, 1.165) is 31.4 Å². The predicted octanol–water partition coefficient (Wildman–Crippen LogP) is 2.05. The van der Waals surface area contributed by atoms with Crippen molar-refractivity contribution >= 4 is 29.9 Å². The Morgan fingerprint density at radius 3 is 2.87 bits per heavy atom. The molecule has 2 amide bonds. The van der Waals surface area contributed by atoms with E-state index in [4.69, 9.17) is 5.73 Å². The number of aryl methyl sites for hydroxylation is 1. The smallest absolute Gasteiger partial charge is 0.224 e. The van der Waals surface area contributed by atoms with Crippen molar-refractivity contribution in [3.05, 3.63) is 29.3 Å². The SMILES string of the molecule is CN1CCC(C(=O)NC2CCCc3cc(N)ccc32)CC1=O.Cl. The Balaban J connectivity index is 0.00000192. The van der Waals surface area contributed by atoms with Gasteiger partial charge in [-0.2, -0.15) is 0 Å². The fourth-order valence-electron chi connectivity index (χ4n) is 3.44. The first-order valence-electron chi connectivity index (χ1n) is 7.97. The second-order valence-corrected chi connectivity index (χ2v) is 6.42. The van der Waals surface area contributed by atoms with Gasteiger partial charge in [0.2, 0.25) is 11.8 Å². The molecule has 1 heterocycles. The Morgan fingerprint density at radius 1 is 1.35 bits per heavy atom. The van der Waals surface area contributed by atoms with Crippen LogP contribution in [0.1, 0.15) is 42.9 Å². The second kappa shape index (κ2) is 7.21. The van der Waals surface area contributed by atoms with E-state index in [1.165, 1.54) is 11.1 Å². The van der Waals surface area contributed by atoms with Crippen molar-refractivity contribution in [2.24, 2.45) is 5.92 Å². The van der Waals surface area contributed by atoms with Gasteiger partial charge in [0.05, 0.1) is 6.04 Å². The predicted molar refractivity (Wildman–Crippen MR) is 92.3 cm³/mol. The maximum atomic E-state index is 12.5. The zero-order valence-corrected chi connectivity index (χ0v) is 14.2. The van der Waals surface area contributed by atoms with E-state index < -0.39 is 0 Å². The van der Waals surface area contributed by atoms with Gasteiger partial charge in [-0.3, -0.25) is 9.59 Å². The number of carbonyl (C=O) groups excluding carboxylic acids is 2. The summed E-state index contributed by atoms with van der Waals surface area (Å²) in [7, 11) is 1.79. The molecule has 23 heavy (non-hydrogen) atoms. The van der Waals surface area contributed by atoms with E-state index in [2.05, 4.69) is 5.32 Å². The summed E-state index contributed by atoms with van der Waals surface area (Å²) in [4.78, 5) is 26.0. The first kappa shape index (κ1) is 17.6. The van der Waals surface area contributed by atoms with Gasteiger partial charge in [0, 0.05) is 31.6 Å². The van der Waals surface area contributed by atoms with Gasteiger partial charge in [0.15, 0.2) is 0 Å². The molecule has 1 fully saturated rings. The van der Waals surface area contributed by atoms with Crippen molar-refractivity contribution in [2.45, 2.75) is 38.1 Å². The number of amides is 2. The fraction of sp³-hybridized carbons (Fsp3) is 0.529. The Kier molecular flexibility index (Phi) is 5.52. The van der Waals surface area contributed by atoms with Gasteiger partial charge in [-0.15, -0.1) is 12.4 Å². The van der Waals surface area contributed by atoms with E-state index >= 15 is 0 Å². The Bertz CT molecular complexity index is 606. The molecule has 0 saturated carbocycles. The van der Waals surface area contributed by atoms with Crippen LogP contribution in [0.15, 0.2) is 18.2 Å². The van der Waals surface area contributed by atoms with Crippen LogP contribution in [0.4, 0.5) is 5.69 Å². The molecule has 3 N–H and O–H groups in total. The number of hydrogen-bond donors (Lipinski definition) is 2. The van der Waals surface area contributed by atoms with E-state index in [-0.39, 0.29) is 36.2 Å². The highest BCUT2D eigenvalue weighted by molar-refractivity contribution is 5.87. The zero-order valence-electron chi connectivity index (χ0n) is 13.4. The summed E-state index contributed by atoms with van der Waals surface area (Å²) in [6.45, 7) is 0.661. The molecule has 1 aliphatic carbocycles. The third-order valence-corrected chi connectivity index (χ3v) is 4.83. The second-order valence-electron chi connectivity index (χ2n) is 6.42. The number of anilines is 1. The third kappa shape index (κ3) is 3.78. The molecular formula is C17H24ClN3O2. The van der Waals surface area contributed by atoms with Gasteiger partial charge in [-0.25, -0.2) is 0 Å². The van der Waals surface area contributed by atoms with Crippen molar-refractivity contribution < 1.29 is 9.59 Å². The molecule has 2 unspecified atom stereocenters. The van der Waals surface area contributed by atoms with Crippen molar-refractivity contribution in [1.82, 2.24) is 10.2 Å². The van der Waals surface area contributed by atoms with Crippen LogP contribution < -0.4 is 11.1 Å². The highest BCUT2D eigenvalue weighted by atomic mass is 35.5. The molecule has 1 aliphatic heterocycles. The molecular weight excluding hydrogens is 314 g/mol. The molecule has 1 aromatic carbocycles. The van der Waals surface area contributed by atoms with E-state index in [0.29, 0.717) is 13.0 Å². The van der Waals surface area contributed by atoms with Gasteiger partial charge >= 0.3 is 0 Å². The van der Waals surface area contributed by atoms with Gasteiger partial charge in [0.25, 0.3) is 0 Å². The quantitative estimate of drug-likeness (QED) is 0.811. The Labute approximate surface area is 143 Å². The van der Waals surface area contributed by atoms with Gasteiger partial charge in [-0.05, 0) is 48.9 Å². The summed E-state index contributed by atoms with van der Waals surface area (Å²) in [5, 5.41) is 3.15. The summed E-state index contributed by atoms with van der Waals surface area (Å²) >= 11 is 0. The van der Waals surface area contributed by atoms with Crippen LogP contribution in [0.5, 0.6) is 0 Å². The number of carbonyl (C=O) groups is 2. The minimum absolute atomic E-state index is 0. The third-order valence-electron chi connectivity index (χ3n) is 4.83. The van der Waals surface area contributed by atoms with Gasteiger partial charge < -0.3 is 16.0 Å². The fourth-order valence-corrected chi connectivity index (χ4v) is 3.44. The Hall–Kier alpha value is -1.75. The summed E-state index contributed by atoms with van der Waals surface area (Å²) < 4.78 is 0. The number of benzene rings is 1. The van der Waals surface area contributed by atoms with Crippen LogP contribution in [0.25, 0.3) is 0 Å². The van der Waals surface area contributed by atoms with Crippen molar-refractivity contribution in [3.63, 3.8) is 0 Å². The minimum Gasteiger partial charge on any atom is -0.399 e. The molecule has 0 spiro atoms. The van der Waals surface area contributed by atoms with Crippen molar-refractivity contribution in [2.75, 3.05) is 19.3 Å². The molecule has 0 aromatic heterocycles. The topological polar surface area (TPSA) is 75.4 Å². The summed E-state index contributed by atoms with van der Waals surface area (Å²) in [6, 6.07) is 5.97. The molecule has 126 valence electrons. The standard InChI is InChI=1S/C17H23N3O2.ClH/c1-20-8-7-12(10-16(20)21)17(22)19-15-4-2-3-11-9-13(18)5-6-14(11)15;/h5-6,9,12,15H,2-4,7-8,10,18H2,1H3,(H,19,22);1H. The van der Waals surface area contributed by atoms with Crippen LogP contribution in [0.3, 0.4) is 0 Å². The van der Waals surface area contributed by atoms with Crippen molar-refractivity contribution in [1.29, 1.82) is 0 Å².